The van der Waals surface area contributed by atoms with Crippen molar-refractivity contribution < 1.29 is 5.11 Å². The van der Waals surface area contributed by atoms with Crippen LogP contribution < -0.4 is 0 Å². The van der Waals surface area contributed by atoms with Crippen molar-refractivity contribution >= 4 is 0 Å². The number of benzene rings is 1. The second kappa shape index (κ2) is 5.65. The predicted molar refractivity (Wildman–Crippen MR) is 89.6 cm³/mol. The Morgan fingerprint density at radius 1 is 0.864 bits per heavy atom. The van der Waals surface area contributed by atoms with Crippen LogP contribution in [0.3, 0.4) is 0 Å². The van der Waals surface area contributed by atoms with Gasteiger partial charge in [0.25, 0.3) is 0 Å². The molecular weight excluding hydrogens is 270 g/mol. The lowest BCUT2D eigenvalue weighted by atomic mass is 9.57. The molecule has 0 aromatic heterocycles. The van der Waals surface area contributed by atoms with Crippen LogP contribution in [-0.4, -0.2) is 29.1 Å². The molecule has 1 aromatic rings. The fourth-order valence-electron chi connectivity index (χ4n) is 5.88. The van der Waals surface area contributed by atoms with Gasteiger partial charge in [-0.25, -0.2) is 0 Å². The predicted octanol–water partition coefficient (Wildman–Crippen LogP) is 3.94. The molecule has 4 rings (SSSR count). The highest BCUT2D eigenvalue weighted by atomic mass is 16.3. The van der Waals surface area contributed by atoms with Crippen LogP contribution in [0.2, 0.25) is 0 Å². The zero-order chi connectivity index (χ0) is 15.2. The van der Waals surface area contributed by atoms with Gasteiger partial charge in [-0.1, -0.05) is 56.0 Å². The van der Waals surface area contributed by atoms with Crippen LogP contribution in [0, 0.1) is 11.8 Å². The zero-order valence-electron chi connectivity index (χ0n) is 13.7. The Morgan fingerprint density at radius 2 is 1.36 bits per heavy atom. The first-order chi connectivity index (χ1) is 10.7. The lowest BCUT2D eigenvalue weighted by Crippen LogP contribution is -2.65. The lowest BCUT2D eigenvalue weighted by Gasteiger charge is -2.60. The Balaban J connectivity index is 1.81. The quantitative estimate of drug-likeness (QED) is 0.849. The molecule has 1 heterocycles. The monoisotopic (exact) mass is 299 g/mol. The van der Waals surface area contributed by atoms with E-state index in [1.165, 1.54) is 56.9 Å². The molecule has 120 valence electrons. The minimum absolute atomic E-state index is 0.410. The van der Waals surface area contributed by atoms with Crippen molar-refractivity contribution in [1.29, 1.82) is 0 Å². The van der Waals surface area contributed by atoms with E-state index in [2.05, 4.69) is 42.3 Å². The first-order valence-corrected chi connectivity index (χ1v) is 9.22. The number of aliphatic hydroxyl groups is 1. The number of hydrogen-bond donors (Lipinski definition) is 1. The molecule has 0 amide bonds. The number of nitrogens with zero attached hydrogens (tertiary/aromatic N) is 1. The number of hydrogen-bond acceptors (Lipinski definition) is 2. The Labute approximate surface area is 134 Å². The molecule has 1 N–H and O–H groups in total. The van der Waals surface area contributed by atoms with E-state index < -0.39 is 5.60 Å². The third kappa shape index (κ3) is 2.07. The molecule has 4 atom stereocenters. The molecule has 22 heavy (non-hydrogen) atoms. The van der Waals surface area contributed by atoms with Gasteiger partial charge in [0.1, 0.15) is 0 Å². The van der Waals surface area contributed by atoms with Crippen molar-refractivity contribution in [1.82, 2.24) is 4.90 Å². The van der Waals surface area contributed by atoms with E-state index >= 15 is 0 Å². The van der Waals surface area contributed by atoms with Gasteiger partial charge in [-0.2, -0.15) is 0 Å². The molecule has 3 aliphatic rings. The number of fused-ring (bicyclic) bond motifs is 2. The van der Waals surface area contributed by atoms with Gasteiger partial charge in [0.2, 0.25) is 0 Å². The van der Waals surface area contributed by atoms with Crippen LogP contribution in [0.1, 0.15) is 56.9 Å². The Morgan fingerprint density at radius 3 is 1.91 bits per heavy atom. The summed E-state index contributed by atoms with van der Waals surface area (Å²) >= 11 is 0. The summed E-state index contributed by atoms with van der Waals surface area (Å²) in [6, 6.07) is 11.7. The summed E-state index contributed by atoms with van der Waals surface area (Å²) in [6.45, 7) is 0. The maximum atomic E-state index is 12.0. The molecule has 3 fully saturated rings. The Bertz CT molecular complexity index is 490. The van der Waals surface area contributed by atoms with Gasteiger partial charge >= 0.3 is 0 Å². The molecule has 1 aromatic carbocycles. The van der Waals surface area contributed by atoms with E-state index in [1.54, 1.807) is 0 Å². The largest absolute Gasteiger partial charge is 0.384 e. The lowest BCUT2D eigenvalue weighted by molar-refractivity contribution is -0.188. The van der Waals surface area contributed by atoms with Crippen molar-refractivity contribution in [2.75, 3.05) is 7.05 Å². The number of piperidine rings is 1. The molecule has 1 aliphatic heterocycles. The van der Waals surface area contributed by atoms with Gasteiger partial charge in [-0.05, 0) is 38.3 Å². The van der Waals surface area contributed by atoms with E-state index in [-0.39, 0.29) is 0 Å². The molecule has 2 saturated carbocycles. The average molecular weight is 299 g/mol. The van der Waals surface area contributed by atoms with Gasteiger partial charge in [-0.15, -0.1) is 0 Å². The fraction of sp³-hybridized carbons (Fsp3) is 0.700. The first kappa shape index (κ1) is 14.7. The van der Waals surface area contributed by atoms with E-state index in [0.717, 1.165) is 0 Å². The van der Waals surface area contributed by atoms with Crippen LogP contribution in [0.4, 0.5) is 0 Å². The van der Waals surface area contributed by atoms with Crippen molar-refractivity contribution in [3.05, 3.63) is 35.9 Å². The maximum absolute atomic E-state index is 12.0. The highest BCUT2D eigenvalue weighted by molar-refractivity contribution is 5.28. The Kier molecular flexibility index (Phi) is 3.78. The van der Waals surface area contributed by atoms with Crippen LogP contribution >= 0.6 is 0 Å². The maximum Gasteiger partial charge on any atom is 0.0982 e. The summed E-state index contributed by atoms with van der Waals surface area (Å²) in [7, 11) is 2.33. The molecule has 0 spiro atoms. The standard InChI is InChI=1S/C20H29NO/c1-21-18-13-7-5-11-16(18)20(22,15-9-3-2-4-10-15)17-12-6-8-14-19(17)21/h2-4,9-10,16-19,22H,5-8,11-14H2,1H3. The second-order valence-electron chi connectivity index (χ2n) is 7.77. The summed E-state index contributed by atoms with van der Waals surface area (Å²) < 4.78 is 0. The van der Waals surface area contributed by atoms with E-state index in [9.17, 15) is 5.11 Å². The summed E-state index contributed by atoms with van der Waals surface area (Å²) in [4.78, 5) is 2.66. The molecule has 2 heteroatoms. The summed E-state index contributed by atoms with van der Waals surface area (Å²) in [5, 5.41) is 12.0. The van der Waals surface area contributed by atoms with Gasteiger partial charge < -0.3 is 5.11 Å². The minimum atomic E-state index is -0.607. The van der Waals surface area contributed by atoms with Crippen molar-refractivity contribution in [3.8, 4) is 0 Å². The summed E-state index contributed by atoms with van der Waals surface area (Å²) in [6.07, 6.45) is 10.1. The normalized spacial score (nSPS) is 42.5. The van der Waals surface area contributed by atoms with Crippen LogP contribution in [0.5, 0.6) is 0 Å². The molecular formula is C20H29NO. The molecule has 1 saturated heterocycles. The third-order valence-corrected chi connectivity index (χ3v) is 6.87. The molecule has 2 aliphatic carbocycles. The average Bonchev–Trinajstić information content (AvgIpc) is 2.60. The molecule has 0 radical (unpaired) electrons. The molecule has 0 bridgehead atoms. The van der Waals surface area contributed by atoms with E-state index in [0.29, 0.717) is 23.9 Å². The van der Waals surface area contributed by atoms with E-state index in [4.69, 9.17) is 0 Å². The van der Waals surface area contributed by atoms with Gasteiger partial charge in [0, 0.05) is 23.9 Å². The fourth-order valence-corrected chi connectivity index (χ4v) is 5.88. The van der Waals surface area contributed by atoms with Gasteiger partial charge in [-0.3, -0.25) is 4.90 Å². The topological polar surface area (TPSA) is 23.5 Å². The van der Waals surface area contributed by atoms with Gasteiger partial charge in [0.05, 0.1) is 5.60 Å². The SMILES string of the molecule is CN1C2CCCCC2C(O)(c2ccccc2)C2CCCCC21. The smallest absolute Gasteiger partial charge is 0.0982 e. The minimum Gasteiger partial charge on any atom is -0.384 e. The van der Waals surface area contributed by atoms with Crippen molar-refractivity contribution in [2.24, 2.45) is 11.8 Å². The third-order valence-electron chi connectivity index (χ3n) is 6.87. The van der Waals surface area contributed by atoms with Crippen LogP contribution in [0.25, 0.3) is 0 Å². The highest BCUT2D eigenvalue weighted by Gasteiger charge is 2.57. The number of rotatable bonds is 1. The van der Waals surface area contributed by atoms with Crippen LogP contribution in [-0.2, 0) is 5.60 Å². The second-order valence-corrected chi connectivity index (χ2v) is 7.77. The zero-order valence-corrected chi connectivity index (χ0v) is 13.7. The first-order valence-electron chi connectivity index (χ1n) is 9.22. The highest BCUT2D eigenvalue weighted by Crippen LogP contribution is 2.54. The van der Waals surface area contributed by atoms with Crippen molar-refractivity contribution in [2.45, 2.75) is 69.1 Å². The Hall–Kier alpha value is -0.860. The summed E-state index contributed by atoms with van der Waals surface area (Å²) in [5.41, 5.74) is 0.570. The molecule has 2 nitrogen and oxygen atoms in total. The molecule has 4 unspecified atom stereocenters. The number of likely N-dealkylation sites (tertiary alicyclic amines) is 1. The van der Waals surface area contributed by atoms with Crippen LogP contribution in [0.15, 0.2) is 30.3 Å². The van der Waals surface area contributed by atoms with Gasteiger partial charge in [0.15, 0.2) is 0 Å². The van der Waals surface area contributed by atoms with E-state index in [1.807, 2.05) is 0 Å². The summed E-state index contributed by atoms with van der Waals surface area (Å²) in [5.74, 6) is 0.820. The van der Waals surface area contributed by atoms with Crippen molar-refractivity contribution in [3.63, 3.8) is 0 Å².